The number of hydrogen-bond acceptors (Lipinski definition) is 6. The second-order valence-corrected chi connectivity index (χ2v) is 9.96. The van der Waals surface area contributed by atoms with Gasteiger partial charge >= 0.3 is 0 Å². The number of nitrogens with zero attached hydrogens (tertiary/aromatic N) is 4. The third kappa shape index (κ3) is 3.05. The average Bonchev–Trinajstić information content (AvgIpc) is 3.25. The molecule has 0 aliphatic heterocycles. The molecule has 2 heterocycles. The zero-order valence-corrected chi connectivity index (χ0v) is 15.6. The van der Waals surface area contributed by atoms with E-state index in [1.165, 1.54) is 0 Å². The molecule has 0 saturated heterocycles. The van der Waals surface area contributed by atoms with Crippen LogP contribution in [-0.2, 0) is 9.84 Å². The van der Waals surface area contributed by atoms with Crippen LogP contribution in [0.5, 0.6) is 0 Å². The van der Waals surface area contributed by atoms with Gasteiger partial charge in [-0.05, 0) is 44.1 Å². The normalized spacial score (nSPS) is 28.6. The number of aromatic nitrogens is 3. The van der Waals surface area contributed by atoms with E-state index in [0.717, 1.165) is 36.1 Å². The van der Waals surface area contributed by atoms with E-state index in [1.807, 2.05) is 19.3 Å². The van der Waals surface area contributed by atoms with Crippen LogP contribution in [0.3, 0.4) is 0 Å². The maximum Gasteiger partial charge on any atom is 0.153 e. The van der Waals surface area contributed by atoms with Crippen molar-refractivity contribution >= 4 is 26.7 Å². The highest BCUT2D eigenvalue weighted by atomic mass is 32.2. The summed E-state index contributed by atoms with van der Waals surface area (Å²) in [6.45, 7) is 0. The molecule has 2 fully saturated rings. The third-order valence-corrected chi connectivity index (χ3v) is 8.35. The van der Waals surface area contributed by atoms with Crippen LogP contribution in [0.2, 0.25) is 0 Å². The molecular weight excluding hydrogens is 350 g/mol. The van der Waals surface area contributed by atoms with E-state index in [2.05, 4.69) is 25.9 Å². The summed E-state index contributed by atoms with van der Waals surface area (Å²) in [5, 5.41) is 9.66. The summed E-state index contributed by atoms with van der Waals surface area (Å²) in [5.74, 6) is 1.26. The standard InChI is InChI=1S/C18H23N5O2S/c1-23(18-16-4-5-20-17(16)21-11-22-18)14-6-13(7-14)10-26(24,25)15-3-2-12(8-15)9-19/h4-5,11-15H,2-3,6-8,10H2,1H3,(H,20,21,22)/t12?,13-,14+,15-/m0/s1. The van der Waals surface area contributed by atoms with Gasteiger partial charge in [0.15, 0.2) is 9.84 Å². The summed E-state index contributed by atoms with van der Waals surface area (Å²) in [7, 11) is -1.09. The lowest BCUT2D eigenvalue weighted by Crippen LogP contribution is -2.46. The number of sulfone groups is 1. The second kappa shape index (κ2) is 6.54. The number of hydrogen-bond donors (Lipinski definition) is 1. The minimum Gasteiger partial charge on any atom is -0.356 e. The molecule has 4 rings (SSSR count). The molecule has 2 atom stereocenters. The number of rotatable bonds is 5. The molecule has 0 radical (unpaired) electrons. The summed E-state index contributed by atoms with van der Waals surface area (Å²) in [4.78, 5) is 13.9. The second-order valence-electron chi connectivity index (χ2n) is 7.63. The van der Waals surface area contributed by atoms with Gasteiger partial charge in [0.1, 0.15) is 17.8 Å². The first-order valence-corrected chi connectivity index (χ1v) is 10.8. The quantitative estimate of drug-likeness (QED) is 0.862. The fourth-order valence-electron chi connectivity index (χ4n) is 4.31. The first-order valence-electron chi connectivity index (χ1n) is 9.10. The van der Waals surface area contributed by atoms with Gasteiger partial charge in [-0.3, -0.25) is 0 Å². The van der Waals surface area contributed by atoms with E-state index in [-0.39, 0.29) is 22.8 Å². The van der Waals surface area contributed by atoms with Gasteiger partial charge in [-0.25, -0.2) is 18.4 Å². The lowest BCUT2D eigenvalue weighted by molar-refractivity contribution is 0.281. The Balaban J connectivity index is 1.37. The molecule has 1 unspecified atom stereocenters. The number of fused-ring (bicyclic) bond motifs is 1. The predicted octanol–water partition coefficient (Wildman–Crippen LogP) is 2.28. The highest BCUT2D eigenvalue weighted by Crippen LogP contribution is 2.38. The van der Waals surface area contributed by atoms with Crippen molar-refractivity contribution in [3.8, 4) is 6.07 Å². The van der Waals surface area contributed by atoms with Gasteiger partial charge in [-0.2, -0.15) is 5.26 Å². The largest absolute Gasteiger partial charge is 0.356 e. The Morgan fingerprint density at radius 3 is 2.85 bits per heavy atom. The summed E-state index contributed by atoms with van der Waals surface area (Å²) >= 11 is 0. The van der Waals surface area contributed by atoms with Crippen molar-refractivity contribution in [3.05, 3.63) is 18.6 Å². The van der Waals surface area contributed by atoms with Crippen LogP contribution in [0.1, 0.15) is 32.1 Å². The fraction of sp³-hybridized carbons (Fsp3) is 0.611. The number of nitrogens with one attached hydrogen (secondary N) is 1. The molecule has 0 amide bonds. The Morgan fingerprint density at radius 2 is 2.12 bits per heavy atom. The molecule has 0 aromatic carbocycles. The zero-order chi connectivity index (χ0) is 18.3. The van der Waals surface area contributed by atoms with Crippen molar-refractivity contribution in [2.75, 3.05) is 17.7 Å². The number of nitriles is 1. The van der Waals surface area contributed by atoms with Crippen molar-refractivity contribution in [1.82, 2.24) is 15.0 Å². The van der Waals surface area contributed by atoms with Crippen molar-refractivity contribution in [2.24, 2.45) is 11.8 Å². The van der Waals surface area contributed by atoms with Crippen LogP contribution in [0.15, 0.2) is 18.6 Å². The molecular formula is C18H23N5O2S. The van der Waals surface area contributed by atoms with Crippen LogP contribution in [0.4, 0.5) is 5.82 Å². The van der Waals surface area contributed by atoms with Gasteiger partial charge in [0.2, 0.25) is 0 Å². The molecule has 138 valence electrons. The Kier molecular flexibility index (Phi) is 4.35. The van der Waals surface area contributed by atoms with Gasteiger partial charge < -0.3 is 9.88 Å². The third-order valence-electron chi connectivity index (χ3n) is 5.97. The lowest BCUT2D eigenvalue weighted by atomic mass is 9.81. The highest BCUT2D eigenvalue weighted by Gasteiger charge is 2.40. The predicted molar refractivity (Wildman–Crippen MR) is 99.3 cm³/mol. The van der Waals surface area contributed by atoms with E-state index in [0.29, 0.717) is 18.9 Å². The van der Waals surface area contributed by atoms with Crippen molar-refractivity contribution in [1.29, 1.82) is 5.26 Å². The summed E-state index contributed by atoms with van der Waals surface area (Å²) in [6.07, 6.45) is 7.00. The average molecular weight is 373 g/mol. The van der Waals surface area contributed by atoms with E-state index >= 15 is 0 Å². The first-order chi connectivity index (χ1) is 12.5. The van der Waals surface area contributed by atoms with Crippen LogP contribution in [-0.4, -0.2) is 47.5 Å². The molecule has 7 nitrogen and oxygen atoms in total. The van der Waals surface area contributed by atoms with Gasteiger partial charge in [0.25, 0.3) is 0 Å². The Labute approximate surface area is 153 Å². The summed E-state index contributed by atoms with van der Waals surface area (Å²) in [6, 6.07) is 4.48. The molecule has 2 aromatic rings. The fourth-order valence-corrected chi connectivity index (χ4v) is 6.54. The van der Waals surface area contributed by atoms with Crippen molar-refractivity contribution in [2.45, 2.75) is 43.4 Å². The summed E-state index contributed by atoms with van der Waals surface area (Å²) < 4.78 is 25.3. The van der Waals surface area contributed by atoms with Crippen molar-refractivity contribution < 1.29 is 8.42 Å². The van der Waals surface area contributed by atoms with E-state index in [9.17, 15) is 8.42 Å². The van der Waals surface area contributed by atoms with E-state index < -0.39 is 9.84 Å². The van der Waals surface area contributed by atoms with Crippen molar-refractivity contribution in [3.63, 3.8) is 0 Å². The molecule has 26 heavy (non-hydrogen) atoms. The van der Waals surface area contributed by atoms with Gasteiger partial charge in [0, 0.05) is 25.2 Å². The smallest absolute Gasteiger partial charge is 0.153 e. The van der Waals surface area contributed by atoms with Crippen LogP contribution >= 0.6 is 0 Å². The Morgan fingerprint density at radius 1 is 1.31 bits per heavy atom. The van der Waals surface area contributed by atoms with Crippen LogP contribution < -0.4 is 4.90 Å². The molecule has 1 N–H and O–H groups in total. The maximum absolute atomic E-state index is 12.6. The topological polar surface area (TPSA) is 103 Å². The lowest BCUT2D eigenvalue weighted by Gasteiger charge is -2.42. The van der Waals surface area contributed by atoms with Crippen LogP contribution in [0, 0.1) is 23.2 Å². The minimum atomic E-state index is -3.10. The number of anilines is 1. The van der Waals surface area contributed by atoms with Gasteiger partial charge in [-0.15, -0.1) is 0 Å². The molecule has 8 heteroatoms. The molecule has 0 bridgehead atoms. The monoisotopic (exact) mass is 373 g/mol. The first kappa shape index (κ1) is 17.3. The number of aromatic amines is 1. The molecule has 0 spiro atoms. The van der Waals surface area contributed by atoms with Gasteiger partial charge in [0.05, 0.1) is 22.5 Å². The molecule has 2 saturated carbocycles. The minimum absolute atomic E-state index is 0.0865. The Bertz CT molecular complexity index is 942. The van der Waals surface area contributed by atoms with Gasteiger partial charge in [-0.1, -0.05) is 0 Å². The van der Waals surface area contributed by atoms with E-state index in [1.54, 1.807) is 6.33 Å². The zero-order valence-electron chi connectivity index (χ0n) is 14.8. The molecule has 2 aliphatic rings. The number of H-pyrrole nitrogens is 1. The Hall–Kier alpha value is -2.14. The molecule has 2 aromatic heterocycles. The van der Waals surface area contributed by atoms with Crippen LogP contribution in [0.25, 0.3) is 11.0 Å². The SMILES string of the molecule is CN(c1ncnc2[nH]ccc12)[C@H]1C[C@@H](CS(=O)(=O)[C@H]2CCC(C#N)C2)C1. The van der Waals surface area contributed by atoms with E-state index in [4.69, 9.17) is 5.26 Å². The molecule has 2 aliphatic carbocycles. The maximum atomic E-state index is 12.6. The highest BCUT2D eigenvalue weighted by molar-refractivity contribution is 7.92. The summed E-state index contributed by atoms with van der Waals surface area (Å²) in [5.41, 5.74) is 0.814.